The second-order valence-electron chi connectivity index (χ2n) is 1.86. The molecule has 0 aliphatic rings. The summed E-state index contributed by atoms with van der Waals surface area (Å²) in [4.78, 5) is 9.63. The summed E-state index contributed by atoms with van der Waals surface area (Å²) in [5.41, 5.74) is 0. The minimum absolute atomic E-state index is 0.0315. The van der Waals surface area contributed by atoms with Crippen LogP contribution in [0.4, 0.5) is 0 Å². The lowest BCUT2D eigenvalue weighted by molar-refractivity contribution is -0.305. The first kappa shape index (κ1) is 9.44. The molecule has 1 unspecified atom stereocenters. The average molecular weight is 205 g/mol. The van der Waals surface area contributed by atoms with Crippen LogP contribution < -0.4 is 5.11 Å². The van der Waals surface area contributed by atoms with E-state index in [0.717, 1.165) is 0 Å². The molecule has 0 aromatic carbocycles. The minimum Gasteiger partial charge on any atom is -0.550 e. The molecule has 3 nitrogen and oxygen atoms in total. The monoisotopic (exact) mass is 204 g/mol. The van der Waals surface area contributed by atoms with E-state index >= 15 is 0 Å². The van der Waals surface area contributed by atoms with Gasteiger partial charge in [0.2, 0.25) is 0 Å². The van der Waals surface area contributed by atoms with Crippen LogP contribution in [-0.4, -0.2) is 10.8 Å². The van der Waals surface area contributed by atoms with Crippen molar-refractivity contribution in [2.45, 2.75) is 24.1 Å². The zero-order valence-corrected chi connectivity index (χ0v) is 6.93. The third-order valence-corrected chi connectivity index (χ3v) is 1.64. The van der Waals surface area contributed by atoms with Crippen LogP contribution in [0.25, 0.3) is 0 Å². The van der Waals surface area contributed by atoms with E-state index in [0.29, 0.717) is 12.8 Å². The Labute approximate surface area is 67.8 Å². The first-order chi connectivity index (χ1) is 4.66. The van der Waals surface area contributed by atoms with Gasteiger partial charge in [-0.05, 0) is 19.3 Å². The molecule has 0 N–H and O–H groups in total. The average Bonchev–Trinajstić information content (AvgIpc) is 1.87. The van der Waals surface area contributed by atoms with E-state index in [9.17, 15) is 9.90 Å². The molecular weight excluding hydrogens is 198 g/mol. The lowest BCUT2D eigenvalue weighted by Crippen LogP contribution is -2.21. The van der Waals surface area contributed by atoms with Crippen molar-refractivity contribution in [3.63, 3.8) is 0 Å². The number of carboxylic acids is 1. The van der Waals surface area contributed by atoms with Crippen LogP contribution in [0, 0.1) is 11.3 Å². The minimum atomic E-state index is -1.06. The number of carbonyl (C=O) groups excluding carboxylic acids is 1. The highest BCUT2D eigenvalue weighted by atomic mass is 79.9. The number of alkyl halides is 1. The number of rotatable bonds is 4. The Morgan fingerprint density at radius 1 is 1.80 bits per heavy atom. The largest absolute Gasteiger partial charge is 0.550 e. The molecule has 0 amide bonds. The Balaban J connectivity index is 3.22. The second kappa shape index (κ2) is 5.24. The van der Waals surface area contributed by atoms with Crippen molar-refractivity contribution in [3.8, 4) is 6.07 Å². The summed E-state index contributed by atoms with van der Waals surface area (Å²) >= 11 is 3.05. The van der Waals surface area contributed by atoms with E-state index in [-0.39, 0.29) is 11.2 Å². The van der Waals surface area contributed by atoms with E-state index < -0.39 is 5.97 Å². The lowest BCUT2D eigenvalue weighted by atomic mass is 10.2. The van der Waals surface area contributed by atoms with Crippen molar-refractivity contribution in [3.05, 3.63) is 0 Å². The van der Waals surface area contributed by atoms with Crippen molar-refractivity contribution < 1.29 is 9.90 Å². The molecule has 0 heterocycles. The molecule has 10 heavy (non-hydrogen) atoms. The van der Waals surface area contributed by atoms with Gasteiger partial charge in [-0.1, -0.05) is 15.9 Å². The number of nitriles is 1. The van der Waals surface area contributed by atoms with E-state index in [2.05, 4.69) is 15.9 Å². The smallest absolute Gasteiger partial charge is 0.101 e. The second-order valence-corrected chi connectivity index (χ2v) is 2.97. The Morgan fingerprint density at radius 3 is 2.80 bits per heavy atom. The van der Waals surface area contributed by atoms with Crippen LogP contribution in [0.1, 0.15) is 19.3 Å². The van der Waals surface area contributed by atoms with Crippen LogP contribution in [0.3, 0.4) is 0 Å². The molecule has 0 saturated heterocycles. The van der Waals surface area contributed by atoms with E-state index in [1.807, 2.05) is 6.07 Å². The van der Waals surface area contributed by atoms with Crippen molar-refractivity contribution in [2.75, 3.05) is 0 Å². The quantitative estimate of drug-likeness (QED) is 0.615. The fraction of sp³-hybridized carbons (Fsp3) is 0.667. The lowest BCUT2D eigenvalue weighted by Gasteiger charge is -2.00. The van der Waals surface area contributed by atoms with Crippen LogP contribution in [0.15, 0.2) is 0 Å². The maximum Gasteiger partial charge on any atom is 0.101 e. The summed E-state index contributed by atoms with van der Waals surface area (Å²) in [5, 5.41) is 18.1. The van der Waals surface area contributed by atoms with Gasteiger partial charge in [0.05, 0.1) is 6.07 Å². The molecule has 0 aromatic rings. The van der Waals surface area contributed by atoms with Crippen molar-refractivity contribution in [2.24, 2.45) is 0 Å². The maximum absolute atomic E-state index is 9.86. The van der Waals surface area contributed by atoms with Gasteiger partial charge in [-0.2, -0.15) is 5.26 Å². The van der Waals surface area contributed by atoms with Gasteiger partial charge in [0, 0.05) is 5.97 Å². The summed E-state index contributed by atoms with van der Waals surface area (Å²) < 4.78 is 0. The predicted molar refractivity (Wildman–Crippen MR) is 37.2 cm³/mol. The van der Waals surface area contributed by atoms with E-state index in [1.54, 1.807) is 0 Å². The van der Waals surface area contributed by atoms with Gasteiger partial charge in [-0.15, -0.1) is 0 Å². The van der Waals surface area contributed by atoms with Crippen molar-refractivity contribution >= 4 is 21.9 Å². The number of carboxylic acid groups (broad SMARTS) is 1. The van der Waals surface area contributed by atoms with Gasteiger partial charge in [0.15, 0.2) is 0 Å². The number of halogens is 1. The van der Waals surface area contributed by atoms with Crippen LogP contribution in [-0.2, 0) is 4.79 Å². The number of hydrogen-bond acceptors (Lipinski definition) is 3. The number of aliphatic carboxylic acids is 1. The maximum atomic E-state index is 9.86. The third-order valence-electron chi connectivity index (χ3n) is 0.979. The Bertz CT molecular complexity index is 152. The van der Waals surface area contributed by atoms with Crippen LogP contribution in [0.5, 0.6) is 0 Å². The summed E-state index contributed by atoms with van der Waals surface area (Å²) in [6.45, 7) is 0. The first-order valence-corrected chi connectivity index (χ1v) is 3.82. The van der Waals surface area contributed by atoms with E-state index in [1.165, 1.54) is 0 Å². The Morgan fingerprint density at radius 2 is 2.40 bits per heavy atom. The topological polar surface area (TPSA) is 63.9 Å². The summed E-state index contributed by atoms with van der Waals surface area (Å²) in [5.74, 6) is -1.06. The molecule has 0 bridgehead atoms. The fourth-order valence-electron chi connectivity index (χ4n) is 0.490. The van der Waals surface area contributed by atoms with Crippen molar-refractivity contribution in [1.29, 1.82) is 5.26 Å². The molecule has 56 valence electrons. The molecule has 0 spiro atoms. The first-order valence-electron chi connectivity index (χ1n) is 2.90. The zero-order chi connectivity index (χ0) is 7.98. The van der Waals surface area contributed by atoms with Gasteiger partial charge in [-0.25, -0.2) is 0 Å². The molecule has 0 rings (SSSR count). The Kier molecular flexibility index (Phi) is 4.95. The predicted octanol–water partition coefficient (Wildman–Crippen LogP) is 0.194. The molecular formula is C6H7BrNO2-. The highest BCUT2D eigenvalue weighted by Gasteiger charge is 1.99. The Hall–Kier alpha value is -0.560. The molecule has 0 aliphatic carbocycles. The highest BCUT2D eigenvalue weighted by molar-refractivity contribution is 9.09. The molecule has 0 aliphatic heterocycles. The summed E-state index contributed by atoms with van der Waals surface area (Å²) in [7, 11) is 0. The fourth-order valence-corrected chi connectivity index (χ4v) is 0.814. The highest BCUT2D eigenvalue weighted by Crippen LogP contribution is 2.07. The van der Waals surface area contributed by atoms with Gasteiger partial charge in [-0.3, -0.25) is 0 Å². The standard InChI is InChI=1S/C6H8BrNO2/c7-5(4-8)2-1-3-6(9)10/h5H,1-3H2,(H,9,10)/p-1. The molecule has 1 atom stereocenters. The van der Waals surface area contributed by atoms with Crippen LogP contribution >= 0.6 is 15.9 Å². The van der Waals surface area contributed by atoms with Gasteiger partial charge in [0.1, 0.15) is 4.83 Å². The van der Waals surface area contributed by atoms with Gasteiger partial charge >= 0.3 is 0 Å². The normalized spacial score (nSPS) is 12.0. The van der Waals surface area contributed by atoms with Crippen LogP contribution in [0.2, 0.25) is 0 Å². The number of carbonyl (C=O) groups is 1. The molecule has 0 aromatic heterocycles. The SMILES string of the molecule is N#CC(Br)CCCC(=O)[O-]. The molecule has 4 heteroatoms. The third kappa shape index (κ3) is 5.57. The zero-order valence-electron chi connectivity index (χ0n) is 5.34. The molecule has 0 fully saturated rings. The summed E-state index contributed by atoms with van der Waals surface area (Å²) in [6, 6.07) is 1.94. The number of hydrogen-bond donors (Lipinski definition) is 0. The van der Waals surface area contributed by atoms with E-state index in [4.69, 9.17) is 5.26 Å². The number of nitrogens with zero attached hydrogens (tertiary/aromatic N) is 1. The summed E-state index contributed by atoms with van der Waals surface area (Å²) in [6.07, 6.45) is 1.08. The van der Waals surface area contributed by atoms with Crippen molar-refractivity contribution in [1.82, 2.24) is 0 Å². The molecule has 0 radical (unpaired) electrons. The van der Waals surface area contributed by atoms with Gasteiger partial charge in [0.25, 0.3) is 0 Å². The molecule has 0 saturated carbocycles. The van der Waals surface area contributed by atoms with Gasteiger partial charge < -0.3 is 9.90 Å².